The van der Waals surface area contributed by atoms with Crippen molar-refractivity contribution in [2.45, 2.75) is 26.7 Å². The highest BCUT2D eigenvalue weighted by Crippen LogP contribution is 2.08. The van der Waals surface area contributed by atoms with E-state index in [9.17, 15) is 14.4 Å². The lowest BCUT2D eigenvalue weighted by Gasteiger charge is -2.25. The Morgan fingerprint density at radius 2 is 1.88 bits per heavy atom. The van der Waals surface area contributed by atoms with Gasteiger partial charge in [-0.2, -0.15) is 0 Å². The van der Waals surface area contributed by atoms with E-state index < -0.39 is 5.92 Å². The average Bonchev–Trinajstić information content (AvgIpc) is 2.57. The molecule has 0 fully saturated rings. The molecule has 0 heterocycles. The molecule has 2 amide bonds. The van der Waals surface area contributed by atoms with Gasteiger partial charge in [-0.3, -0.25) is 14.4 Å². The van der Waals surface area contributed by atoms with E-state index >= 15 is 0 Å². The average molecular weight is 334 g/mol. The Morgan fingerprint density at radius 1 is 1.21 bits per heavy atom. The Hall–Kier alpha value is -2.37. The van der Waals surface area contributed by atoms with E-state index in [0.29, 0.717) is 26.1 Å². The number of amides is 2. The summed E-state index contributed by atoms with van der Waals surface area (Å²) in [5.74, 6) is -0.871. The summed E-state index contributed by atoms with van der Waals surface area (Å²) >= 11 is 0. The van der Waals surface area contributed by atoms with Gasteiger partial charge in [-0.05, 0) is 12.0 Å². The predicted octanol–water partition coefficient (Wildman–Crippen LogP) is 1.39. The second-order valence-corrected chi connectivity index (χ2v) is 5.76. The lowest BCUT2D eigenvalue weighted by molar-refractivity contribution is -0.146. The number of rotatable bonds is 9. The molecule has 6 heteroatoms. The van der Waals surface area contributed by atoms with Gasteiger partial charge < -0.3 is 15.0 Å². The van der Waals surface area contributed by atoms with Crippen molar-refractivity contribution in [3.63, 3.8) is 0 Å². The summed E-state index contributed by atoms with van der Waals surface area (Å²) in [6.45, 7) is 4.48. The summed E-state index contributed by atoms with van der Waals surface area (Å²) in [6, 6.07) is 9.48. The van der Waals surface area contributed by atoms with Crippen LogP contribution in [0.2, 0.25) is 0 Å². The molecule has 1 aromatic carbocycles. The van der Waals surface area contributed by atoms with Crippen molar-refractivity contribution in [2.75, 3.05) is 26.7 Å². The highest BCUT2D eigenvalue weighted by molar-refractivity contribution is 5.80. The van der Waals surface area contributed by atoms with E-state index in [1.54, 1.807) is 11.8 Å². The van der Waals surface area contributed by atoms with Crippen LogP contribution in [0, 0.1) is 5.92 Å². The molecule has 1 N–H and O–H groups in total. The summed E-state index contributed by atoms with van der Waals surface area (Å²) in [4.78, 5) is 36.8. The molecule has 0 aliphatic carbocycles. The third-order valence-electron chi connectivity index (χ3n) is 3.63. The zero-order valence-electron chi connectivity index (χ0n) is 14.6. The monoisotopic (exact) mass is 334 g/mol. The van der Waals surface area contributed by atoms with Gasteiger partial charge in [0.25, 0.3) is 0 Å². The summed E-state index contributed by atoms with van der Waals surface area (Å²) in [7, 11) is 1.34. The second kappa shape index (κ2) is 10.4. The van der Waals surface area contributed by atoms with Crippen LogP contribution < -0.4 is 5.32 Å². The van der Waals surface area contributed by atoms with Gasteiger partial charge in [0, 0.05) is 26.6 Å². The Bertz CT molecular complexity index is 545. The molecule has 0 radical (unpaired) electrons. The first-order valence-electron chi connectivity index (χ1n) is 8.08. The maximum atomic E-state index is 12.6. The Kier molecular flexibility index (Phi) is 8.54. The maximum Gasteiger partial charge on any atom is 0.310 e. The van der Waals surface area contributed by atoms with Crippen LogP contribution in [0.15, 0.2) is 30.3 Å². The molecule has 1 rings (SSSR count). The molecule has 0 aliphatic heterocycles. The SMILES string of the molecule is COC(=O)C(C)CN(CCCNC(C)=O)C(=O)Cc1ccccc1. The smallest absolute Gasteiger partial charge is 0.310 e. The van der Waals surface area contributed by atoms with Crippen molar-refractivity contribution >= 4 is 17.8 Å². The Balaban J connectivity index is 2.65. The predicted molar refractivity (Wildman–Crippen MR) is 91.2 cm³/mol. The number of methoxy groups -OCH3 is 1. The van der Waals surface area contributed by atoms with Crippen LogP contribution in [-0.4, -0.2) is 49.4 Å². The lowest BCUT2D eigenvalue weighted by Crippen LogP contribution is -2.39. The third kappa shape index (κ3) is 7.26. The number of nitrogens with zero attached hydrogens (tertiary/aromatic N) is 1. The van der Waals surface area contributed by atoms with E-state index in [2.05, 4.69) is 5.32 Å². The molecular formula is C18H26N2O4. The quantitative estimate of drug-likeness (QED) is 0.547. The number of carbonyl (C=O) groups is 3. The first kappa shape index (κ1) is 19.7. The first-order valence-corrected chi connectivity index (χ1v) is 8.08. The van der Waals surface area contributed by atoms with Crippen LogP contribution in [0.5, 0.6) is 0 Å². The molecule has 0 saturated carbocycles. The van der Waals surface area contributed by atoms with Crippen LogP contribution in [0.4, 0.5) is 0 Å². The fourth-order valence-corrected chi connectivity index (χ4v) is 2.34. The van der Waals surface area contributed by atoms with Gasteiger partial charge >= 0.3 is 5.97 Å². The minimum absolute atomic E-state index is 0.0419. The van der Waals surface area contributed by atoms with Gasteiger partial charge in [-0.25, -0.2) is 0 Å². The summed E-state index contributed by atoms with van der Waals surface area (Å²) < 4.78 is 4.73. The fraction of sp³-hybridized carbons (Fsp3) is 0.500. The van der Waals surface area contributed by atoms with Crippen molar-refractivity contribution in [3.05, 3.63) is 35.9 Å². The minimum Gasteiger partial charge on any atom is -0.469 e. The summed E-state index contributed by atoms with van der Waals surface area (Å²) in [5, 5.41) is 2.71. The van der Waals surface area contributed by atoms with E-state index in [1.165, 1.54) is 14.0 Å². The zero-order valence-corrected chi connectivity index (χ0v) is 14.6. The first-order chi connectivity index (χ1) is 11.4. The molecule has 0 bridgehead atoms. The zero-order chi connectivity index (χ0) is 17.9. The number of hydrogen-bond acceptors (Lipinski definition) is 4. The van der Waals surface area contributed by atoms with Crippen LogP contribution in [0.1, 0.15) is 25.8 Å². The molecule has 132 valence electrons. The van der Waals surface area contributed by atoms with Crippen molar-refractivity contribution in [3.8, 4) is 0 Å². The molecule has 0 spiro atoms. The van der Waals surface area contributed by atoms with Gasteiger partial charge in [-0.1, -0.05) is 37.3 Å². The third-order valence-corrected chi connectivity index (χ3v) is 3.63. The molecule has 24 heavy (non-hydrogen) atoms. The van der Waals surface area contributed by atoms with Crippen molar-refractivity contribution in [1.82, 2.24) is 10.2 Å². The second-order valence-electron chi connectivity index (χ2n) is 5.76. The molecular weight excluding hydrogens is 308 g/mol. The molecule has 0 saturated heterocycles. The van der Waals surface area contributed by atoms with Crippen molar-refractivity contribution < 1.29 is 19.1 Å². The topological polar surface area (TPSA) is 75.7 Å². The maximum absolute atomic E-state index is 12.6. The molecule has 1 unspecified atom stereocenters. The number of carbonyl (C=O) groups excluding carboxylic acids is 3. The van der Waals surface area contributed by atoms with Crippen LogP contribution in [0.25, 0.3) is 0 Å². The summed E-state index contributed by atoms with van der Waals surface area (Å²) in [6.07, 6.45) is 0.920. The minimum atomic E-state index is -0.393. The van der Waals surface area contributed by atoms with Crippen LogP contribution >= 0.6 is 0 Å². The van der Waals surface area contributed by atoms with Gasteiger partial charge in [0.05, 0.1) is 19.4 Å². The van der Waals surface area contributed by atoms with Gasteiger partial charge in [0.1, 0.15) is 0 Å². The molecule has 1 atom stereocenters. The standard InChI is InChI=1S/C18H26N2O4/c1-14(18(23)24-3)13-20(11-7-10-19-15(2)21)17(22)12-16-8-5-4-6-9-16/h4-6,8-9,14H,7,10-13H2,1-3H3,(H,19,21). The van der Waals surface area contributed by atoms with Crippen molar-refractivity contribution in [2.24, 2.45) is 5.92 Å². The number of nitrogens with one attached hydrogen (secondary N) is 1. The van der Waals surface area contributed by atoms with E-state index in [-0.39, 0.29) is 24.2 Å². The van der Waals surface area contributed by atoms with Crippen LogP contribution in [0.3, 0.4) is 0 Å². The van der Waals surface area contributed by atoms with E-state index in [4.69, 9.17) is 4.74 Å². The number of esters is 1. The summed E-state index contributed by atoms with van der Waals surface area (Å²) in [5.41, 5.74) is 0.931. The van der Waals surface area contributed by atoms with Gasteiger partial charge in [0.2, 0.25) is 11.8 Å². The van der Waals surface area contributed by atoms with Crippen molar-refractivity contribution in [1.29, 1.82) is 0 Å². The lowest BCUT2D eigenvalue weighted by atomic mass is 10.1. The largest absolute Gasteiger partial charge is 0.469 e. The Morgan fingerprint density at radius 3 is 2.46 bits per heavy atom. The number of ether oxygens (including phenoxy) is 1. The van der Waals surface area contributed by atoms with Gasteiger partial charge in [0.15, 0.2) is 0 Å². The molecule has 0 aliphatic rings. The highest BCUT2D eigenvalue weighted by atomic mass is 16.5. The Labute approximate surface area is 143 Å². The molecule has 1 aromatic rings. The molecule has 6 nitrogen and oxygen atoms in total. The van der Waals surface area contributed by atoms with E-state index in [0.717, 1.165) is 5.56 Å². The highest BCUT2D eigenvalue weighted by Gasteiger charge is 2.21. The number of hydrogen-bond donors (Lipinski definition) is 1. The van der Waals surface area contributed by atoms with E-state index in [1.807, 2.05) is 30.3 Å². The molecule has 0 aromatic heterocycles. The van der Waals surface area contributed by atoms with Gasteiger partial charge in [-0.15, -0.1) is 0 Å². The van der Waals surface area contributed by atoms with Crippen LogP contribution in [-0.2, 0) is 25.5 Å². The number of benzene rings is 1. The normalized spacial score (nSPS) is 11.5. The fourth-order valence-electron chi connectivity index (χ4n) is 2.34.